The van der Waals surface area contributed by atoms with E-state index in [9.17, 15) is 9.18 Å². The Bertz CT molecular complexity index is 1630. The summed E-state index contributed by atoms with van der Waals surface area (Å²) in [6.07, 6.45) is 4.00. The summed E-state index contributed by atoms with van der Waals surface area (Å²) >= 11 is 0. The van der Waals surface area contributed by atoms with Gasteiger partial charge in [0.25, 0.3) is 5.91 Å². The molecule has 2 aromatic heterocycles. The van der Waals surface area contributed by atoms with Crippen molar-refractivity contribution in [2.24, 2.45) is 0 Å². The number of ether oxygens (including phenoxy) is 2. The van der Waals surface area contributed by atoms with Crippen molar-refractivity contribution in [1.29, 1.82) is 0 Å². The summed E-state index contributed by atoms with van der Waals surface area (Å²) in [5.41, 5.74) is 5.14. The Kier molecular flexibility index (Phi) is 7.06. The lowest BCUT2D eigenvalue weighted by Crippen LogP contribution is -2.48. The summed E-state index contributed by atoms with van der Waals surface area (Å²) in [5, 5.41) is 0. The van der Waals surface area contributed by atoms with Crippen molar-refractivity contribution < 1.29 is 18.7 Å². The number of methoxy groups -OCH3 is 1. The zero-order chi connectivity index (χ0) is 27.5. The molecule has 202 valence electrons. The number of fused-ring (bicyclic) bond motifs is 1. The van der Waals surface area contributed by atoms with Gasteiger partial charge in [0.2, 0.25) is 0 Å². The zero-order valence-corrected chi connectivity index (χ0v) is 22.2. The van der Waals surface area contributed by atoms with Crippen LogP contribution in [0.1, 0.15) is 15.9 Å². The number of imidazole rings is 1. The fourth-order valence-corrected chi connectivity index (χ4v) is 4.94. The molecule has 0 radical (unpaired) electrons. The molecule has 7 nitrogen and oxygen atoms in total. The van der Waals surface area contributed by atoms with Gasteiger partial charge in [-0.25, -0.2) is 9.37 Å². The first-order valence-corrected chi connectivity index (χ1v) is 13.2. The van der Waals surface area contributed by atoms with E-state index in [1.165, 1.54) is 24.3 Å². The Labute approximate surface area is 232 Å². The molecule has 0 atom stereocenters. The van der Waals surface area contributed by atoms with E-state index < -0.39 is 0 Å². The van der Waals surface area contributed by atoms with Gasteiger partial charge in [-0.3, -0.25) is 4.79 Å². The van der Waals surface area contributed by atoms with Crippen molar-refractivity contribution in [3.8, 4) is 22.8 Å². The van der Waals surface area contributed by atoms with Crippen LogP contribution < -0.4 is 14.4 Å². The van der Waals surface area contributed by atoms with Gasteiger partial charge in [-0.2, -0.15) is 0 Å². The number of nitrogens with zero attached hydrogens (tertiary/aromatic N) is 4. The van der Waals surface area contributed by atoms with Crippen molar-refractivity contribution in [2.45, 2.75) is 6.61 Å². The van der Waals surface area contributed by atoms with Gasteiger partial charge in [-0.1, -0.05) is 30.3 Å². The fourth-order valence-electron chi connectivity index (χ4n) is 4.94. The second-order valence-corrected chi connectivity index (χ2v) is 9.70. The average molecular weight is 537 g/mol. The minimum absolute atomic E-state index is 0.0715. The normalized spacial score (nSPS) is 13.4. The maximum atomic E-state index is 13.2. The third kappa shape index (κ3) is 5.33. The highest BCUT2D eigenvalue weighted by atomic mass is 19.1. The molecule has 1 amide bonds. The highest BCUT2D eigenvalue weighted by Crippen LogP contribution is 2.34. The van der Waals surface area contributed by atoms with Gasteiger partial charge >= 0.3 is 0 Å². The molecule has 0 N–H and O–H groups in total. The van der Waals surface area contributed by atoms with Crippen LogP contribution >= 0.6 is 0 Å². The molecule has 3 heterocycles. The van der Waals surface area contributed by atoms with Gasteiger partial charge in [0.15, 0.2) is 0 Å². The summed E-state index contributed by atoms with van der Waals surface area (Å²) < 4.78 is 26.9. The van der Waals surface area contributed by atoms with Crippen LogP contribution in [0, 0.1) is 5.82 Å². The van der Waals surface area contributed by atoms with Crippen LogP contribution in [0.5, 0.6) is 11.5 Å². The minimum atomic E-state index is -0.346. The summed E-state index contributed by atoms with van der Waals surface area (Å²) in [7, 11) is 1.64. The number of piperazine rings is 1. The average Bonchev–Trinajstić information content (AvgIpc) is 3.44. The maximum Gasteiger partial charge on any atom is 0.253 e. The van der Waals surface area contributed by atoms with E-state index in [4.69, 9.17) is 14.5 Å². The quantitative estimate of drug-likeness (QED) is 0.268. The van der Waals surface area contributed by atoms with Crippen LogP contribution in [0.4, 0.5) is 10.1 Å². The molecular formula is C32H29FN4O3. The lowest BCUT2D eigenvalue weighted by atomic mass is 10.1. The zero-order valence-electron chi connectivity index (χ0n) is 22.2. The topological polar surface area (TPSA) is 59.3 Å². The number of aromatic nitrogens is 2. The molecule has 3 aromatic carbocycles. The van der Waals surface area contributed by atoms with E-state index in [1.54, 1.807) is 7.11 Å². The maximum absolute atomic E-state index is 13.2. The van der Waals surface area contributed by atoms with Crippen LogP contribution in [0.25, 0.3) is 16.9 Å². The second-order valence-electron chi connectivity index (χ2n) is 9.70. The Balaban J connectivity index is 1.19. The Morgan fingerprint density at radius 2 is 1.70 bits per heavy atom. The molecule has 0 spiro atoms. The molecule has 8 heteroatoms. The number of pyridine rings is 1. The van der Waals surface area contributed by atoms with E-state index in [0.717, 1.165) is 33.9 Å². The molecule has 1 saturated heterocycles. The Hall–Kier alpha value is -4.85. The summed E-state index contributed by atoms with van der Waals surface area (Å²) in [6, 6.07) is 25.7. The van der Waals surface area contributed by atoms with Gasteiger partial charge < -0.3 is 23.7 Å². The van der Waals surface area contributed by atoms with Crippen LogP contribution in [0.15, 0.2) is 97.3 Å². The molecule has 0 saturated carbocycles. The monoisotopic (exact) mass is 536 g/mol. The molecule has 0 unspecified atom stereocenters. The van der Waals surface area contributed by atoms with Gasteiger partial charge in [0, 0.05) is 67.5 Å². The van der Waals surface area contributed by atoms with Gasteiger partial charge in [0.1, 0.15) is 29.6 Å². The van der Waals surface area contributed by atoms with E-state index >= 15 is 0 Å². The summed E-state index contributed by atoms with van der Waals surface area (Å²) in [6.45, 7) is 3.03. The number of halogens is 1. The SMILES string of the molecule is COc1ccc(-c2cn3ccc(N4CCN(C(=O)c5ccc(F)cc5)CC4)cc3n2)c(OCc2ccccc2)c1. The van der Waals surface area contributed by atoms with Crippen molar-refractivity contribution >= 4 is 17.2 Å². The summed E-state index contributed by atoms with van der Waals surface area (Å²) in [5.74, 6) is 1.00. The fraction of sp³-hybridized carbons (Fsp3) is 0.188. The Morgan fingerprint density at radius 3 is 2.45 bits per heavy atom. The van der Waals surface area contributed by atoms with Crippen LogP contribution in [-0.4, -0.2) is 53.5 Å². The molecule has 0 bridgehead atoms. The van der Waals surface area contributed by atoms with Gasteiger partial charge in [0.05, 0.1) is 12.8 Å². The van der Waals surface area contributed by atoms with E-state index in [0.29, 0.717) is 44.1 Å². The van der Waals surface area contributed by atoms with Crippen molar-refractivity contribution in [2.75, 3.05) is 38.2 Å². The van der Waals surface area contributed by atoms with Crippen molar-refractivity contribution in [3.05, 3.63) is 114 Å². The highest BCUT2D eigenvalue weighted by Gasteiger charge is 2.23. The third-order valence-electron chi connectivity index (χ3n) is 7.17. The molecule has 0 aliphatic carbocycles. The highest BCUT2D eigenvalue weighted by molar-refractivity contribution is 5.94. The first kappa shape index (κ1) is 25.4. The number of carbonyl (C=O) groups is 1. The Morgan fingerprint density at radius 1 is 0.925 bits per heavy atom. The first-order chi connectivity index (χ1) is 19.6. The molecule has 1 fully saturated rings. The lowest BCUT2D eigenvalue weighted by Gasteiger charge is -2.36. The number of hydrogen-bond donors (Lipinski definition) is 0. The van der Waals surface area contributed by atoms with Gasteiger partial charge in [-0.05, 0) is 48.0 Å². The smallest absolute Gasteiger partial charge is 0.253 e. The molecule has 5 aromatic rings. The number of hydrogen-bond acceptors (Lipinski definition) is 5. The number of carbonyl (C=O) groups excluding carboxylic acids is 1. The predicted octanol–water partition coefficient (Wildman–Crippen LogP) is 5.69. The van der Waals surface area contributed by atoms with Crippen LogP contribution in [-0.2, 0) is 6.61 Å². The molecule has 1 aliphatic rings. The molecule has 6 rings (SSSR count). The second kappa shape index (κ2) is 11.1. The van der Waals surface area contributed by atoms with Gasteiger partial charge in [-0.15, -0.1) is 0 Å². The number of amides is 1. The van der Waals surface area contributed by atoms with E-state index in [-0.39, 0.29) is 11.7 Å². The van der Waals surface area contributed by atoms with E-state index in [1.807, 2.05) is 70.2 Å². The predicted molar refractivity (Wildman–Crippen MR) is 152 cm³/mol. The standard InChI is InChI=1S/C32H29FN4O3/c1-39-27-11-12-28(30(20-27)40-22-23-5-3-2-4-6-23)29-21-37-14-13-26(19-31(37)34-29)35-15-17-36(18-16-35)32(38)24-7-9-25(33)10-8-24/h2-14,19-21H,15-18,22H2,1H3. The molecule has 40 heavy (non-hydrogen) atoms. The van der Waals surface area contributed by atoms with Crippen LogP contribution in [0.3, 0.4) is 0 Å². The van der Waals surface area contributed by atoms with Crippen molar-refractivity contribution in [3.63, 3.8) is 0 Å². The van der Waals surface area contributed by atoms with Crippen LogP contribution in [0.2, 0.25) is 0 Å². The number of anilines is 1. The number of rotatable bonds is 7. The van der Waals surface area contributed by atoms with Crippen molar-refractivity contribution in [1.82, 2.24) is 14.3 Å². The third-order valence-corrected chi connectivity index (χ3v) is 7.17. The number of benzene rings is 3. The minimum Gasteiger partial charge on any atom is -0.497 e. The van der Waals surface area contributed by atoms with E-state index in [2.05, 4.69) is 17.0 Å². The summed E-state index contributed by atoms with van der Waals surface area (Å²) in [4.78, 5) is 21.8. The first-order valence-electron chi connectivity index (χ1n) is 13.2. The molecule has 1 aliphatic heterocycles. The molecular weight excluding hydrogens is 507 g/mol. The lowest BCUT2D eigenvalue weighted by molar-refractivity contribution is 0.0746. The largest absolute Gasteiger partial charge is 0.497 e.